The fourth-order valence-electron chi connectivity index (χ4n) is 4.85. The highest BCUT2D eigenvalue weighted by atomic mass is 32.2. The molecule has 0 spiro atoms. The Morgan fingerprint density at radius 3 is 2.73 bits per heavy atom. The molecule has 3 heterocycles. The summed E-state index contributed by atoms with van der Waals surface area (Å²) in [5.41, 5.74) is 11.9. The lowest BCUT2D eigenvalue weighted by molar-refractivity contribution is -0.138. The van der Waals surface area contributed by atoms with Gasteiger partial charge in [0, 0.05) is 10.9 Å². The number of aromatic nitrogens is 5. The SMILES string of the molecule is CSCC[C@@H](C(=O)O)N(c1cc2c(C(C)C)cccc2[nH]1)c1cnn(-c2ccc3nc(C)[nH]c3c2)c1N. The molecule has 9 nitrogen and oxygen atoms in total. The summed E-state index contributed by atoms with van der Waals surface area (Å²) >= 11 is 1.61. The van der Waals surface area contributed by atoms with Crippen molar-refractivity contribution in [2.75, 3.05) is 22.6 Å². The second-order valence-corrected chi connectivity index (χ2v) is 10.5. The van der Waals surface area contributed by atoms with E-state index < -0.39 is 12.0 Å². The number of carboxylic acid groups (broad SMARTS) is 1. The van der Waals surface area contributed by atoms with Gasteiger partial charge in [-0.2, -0.15) is 16.9 Å². The Hall–Kier alpha value is -3.92. The molecule has 37 heavy (non-hydrogen) atoms. The number of carbonyl (C=O) groups is 1. The van der Waals surface area contributed by atoms with Crippen LogP contribution in [-0.2, 0) is 4.79 Å². The van der Waals surface area contributed by atoms with Crippen LogP contribution in [0.1, 0.15) is 37.6 Å². The van der Waals surface area contributed by atoms with Crippen LogP contribution in [0.4, 0.5) is 17.3 Å². The van der Waals surface area contributed by atoms with Crippen molar-refractivity contribution in [2.45, 2.75) is 39.2 Å². The number of nitrogen functional groups attached to an aromatic ring is 1. The second-order valence-electron chi connectivity index (χ2n) is 9.47. The van der Waals surface area contributed by atoms with E-state index >= 15 is 0 Å². The van der Waals surface area contributed by atoms with E-state index in [9.17, 15) is 9.90 Å². The normalized spacial score (nSPS) is 12.6. The second kappa shape index (κ2) is 9.85. The van der Waals surface area contributed by atoms with Crippen LogP contribution >= 0.6 is 11.8 Å². The highest BCUT2D eigenvalue weighted by Crippen LogP contribution is 2.38. The monoisotopic (exact) mass is 517 g/mol. The first-order chi connectivity index (χ1) is 17.8. The Balaban J connectivity index is 1.66. The Kier molecular flexibility index (Phi) is 6.59. The van der Waals surface area contributed by atoms with Crippen LogP contribution in [-0.4, -0.2) is 53.9 Å². The summed E-state index contributed by atoms with van der Waals surface area (Å²) in [6.07, 6.45) is 4.05. The lowest BCUT2D eigenvalue weighted by Gasteiger charge is -2.29. The van der Waals surface area contributed by atoms with E-state index in [1.807, 2.05) is 49.6 Å². The van der Waals surface area contributed by atoms with E-state index in [1.54, 1.807) is 27.5 Å². The van der Waals surface area contributed by atoms with Crippen molar-refractivity contribution in [3.05, 3.63) is 60.0 Å². The number of carboxylic acids is 1. The van der Waals surface area contributed by atoms with E-state index in [0.29, 0.717) is 35.4 Å². The number of benzene rings is 2. The molecule has 0 unspecified atom stereocenters. The zero-order valence-electron chi connectivity index (χ0n) is 21.3. The third-order valence-electron chi connectivity index (χ3n) is 6.63. The molecule has 5 rings (SSSR count). The van der Waals surface area contributed by atoms with Crippen LogP contribution < -0.4 is 10.6 Å². The molecule has 192 valence electrons. The quantitative estimate of drug-likeness (QED) is 0.201. The van der Waals surface area contributed by atoms with E-state index in [0.717, 1.165) is 33.4 Å². The third kappa shape index (κ3) is 4.53. The predicted octanol–water partition coefficient (Wildman–Crippen LogP) is 5.59. The van der Waals surface area contributed by atoms with Gasteiger partial charge in [-0.05, 0) is 67.2 Å². The van der Waals surface area contributed by atoms with Crippen molar-refractivity contribution in [1.82, 2.24) is 24.7 Å². The number of hydrogen-bond acceptors (Lipinski definition) is 6. The first-order valence-electron chi connectivity index (χ1n) is 12.2. The van der Waals surface area contributed by atoms with E-state index in [-0.39, 0.29) is 0 Å². The summed E-state index contributed by atoms with van der Waals surface area (Å²) in [7, 11) is 0. The average molecular weight is 518 g/mol. The number of nitrogens with two attached hydrogens (primary N) is 1. The van der Waals surface area contributed by atoms with Gasteiger partial charge in [-0.15, -0.1) is 0 Å². The highest BCUT2D eigenvalue weighted by Gasteiger charge is 2.31. The summed E-state index contributed by atoms with van der Waals surface area (Å²) in [6.45, 7) is 6.21. The van der Waals surface area contributed by atoms with Crippen molar-refractivity contribution in [1.29, 1.82) is 0 Å². The Bertz CT molecular complexity index is 1580. The standard InChI is InChI=1S/C27H31N7O2S/c1-15(2)18-6-5-7-20-19(18)13-25(32-20)33(23(27(35)36)10-11-37-4)24-14-29-34(26(24)28)17-8-9-21-22(12-17)31-16(3)30-21/h5-9,12-15,23,32H,10-11,28H2,1-4H3,(H,30,31)(H,35,36)/t23-/m0/s1. The minimum atomic E-state index is -0.918. The fraction of sp³-hybridized carbons (Fsp3) is 0.296. The Labute approximate surface area is 219 Å². The zero-order chi connectivity index (χ0) is 26.3. The molecular weight excluding hydrogens is 486 g/mol. The van der Waals surface area contributed by atoms with Crippen molar-refractivity contribution < 1.29 is 9.90 Å². The van der Waals surface area contributed by atoms with E-state index in [1.165, 1.54) is 5.56 Å². The molecular formula is C27H31N7O2S. The minimum Gasteiger partial charge on any atom is -0.480 e. The van der Waals surface area contributed by atoms with Gasteiger partial charge in [-0.1, -0.05) is 26.0 Å². The number of aliphatic carboxylic acids is 1. The molecule has 0 aliphatic rings. The van der Waals surface area contributed by atoms with Gasteiger partial charge in [0.1, 0.15) is 23.4 Å². The zero-order valence-corrected chi connectivity index (χ0v) is 22.1. The maximum atomic E-state index is 12.6. The van der Waals surface area contributed by atoms with Crippen LogP contribution in [0.2, 0.25) is 0 Å². The molecule has 2 aromatic carbocycles. The van der Waals surface area contributed by atoms with Crippen molar-refractivity contribution >= 4 is 57.0 Å². The number of anilines is 3. The summed E-state index contributed by atoms with van der Waals surface area (Å²) in [5, 5.41) is 15.9. The summed E-state index contributed by atoms with van der Waals surface area (Å²) in [4.78, 5) is 25.5. The number of rotatable bonds is 9. The molecule has 0 saturated heterocycles. The summed E-state index contributed by atoms with van der Waals surface area (Å²) < 4.78 is 1.63. The van der Waals surface area contributed by atoms with E-state index in [4.69, 9.17) is 5.73 Å². The Morgan fingerprint density at radius 1 is 1.19 bits per heavy atom. The lowest BCUT2D eigenvalue weighted by Crippen LogP contribution is -2.39. The summed E-state index contributed by atoms with van der Waals surface area (Å²) in [5.74, 6) is 1.94. The van der Waals surface area contributed by atoms with Gasteiger partial charge in [0.25, 0.3) is 0 Å². The number of fused-ring (bicyclic) bond motifs is 2. The third-order valence-corrected chi connectivity index (χ3v) is 7.28. The van der Waals surface area contributed by atoms with Gasteiger partial charge in [0.15, 0.2) is 5.82 Å². The number of imidazole rings is 1. The predicted molar refractivity (Wildman–Crippen MR) is 151 cm³/mol. The van der Waals surface area contributed by atoms with Crippen LogP contribution in [0.3, 0.4) is 0 Å². The number of aryl methyl sites for hydroxylation is 1. The van der Waals surface area contributed by atoms with Crippen LogP contribution in [0.25, 0.3) is 27.6 Å². The van der Waals surface area contributed by atoms with Crippen LogP contribution in [0, 0.1) is 6.92 Å². The number of aromatic amines is 2. The van der Waals surface area contributed by atoms with Gasteiger partial charge in [0.2, 0.25) is 0 Å². The average Bonchev–Trinajstić information content (AvgIpc) is 3.56. The van der Waals surface area contributed by atoms with Crippen LogP contribution in [0.5, 0.6) is 0 Å². The molecule has 3 aromatic heterocycles. The molecule has 0 bridgehead atoms. The van der Waals surface area contributed by atoms with Crippen molar-refractivity contribution in [3.63, 3.8) is 0 Å². The van der Waals surface area contributed by atoms with E-state index in [2.05, 4.69) is 40.0 Å². The smallest absolute Gasteiger partial charge is 0.326 e. The molecule has 0 fully saturated rings. The van der Waals surface area contributed by atoms with Crippen molar-refractivity contribution in [3.8, 4) is 5.69 Å². The molecule has 0 aliphatic carbocycles. The number of H-pyrrole nitrogens is 2. The molecule has 10 heteroatoms. The molecule has 0 aliphatic heterocycles. The first-order valence-corrected chi connectivity index (χ1v) is 13.6. The maximum absolute atomic E-state index is 12.6. The van der Waals surface area contributed by atoms with Gasteiger partial charge in [0.05, 0.1) is 22.9 Å². The first kappa shape index (κ1) is 24.8. The largest absolute Gasteiger partial charge is 0.480 e. The van der Waals surface area contributed by atoms with Gasteiger partial charge >= 0.3 is 5.97 Å². The van der Waals surface area contributed by atoms with Crippen LogP contribution in [0.15, 0.2) is 48.7 Å². The topological polar surface area (TPSA) is 129 Å². The molecule has 0 radical (unpaired) electrons. The molecule has 5 N–H and O–H groups in total. The Morgan fingerprint density at radius 2 is 2.00 bits per heavy atom. The van der Waals surface area contributed by atoms with Gasteiger partial charge < -0.3 is 25.7 Å². The maximum Gasteiger partial charge on any atom is 0.326 e. The number of thioether (sulfide) groups is 1. The van der Waals surface area contributed by atoms with Gasteiger partial charge in [-0.3, -0.25) is 0 Å². The minimum absolute atomic E-state index is 0.321. The number of hydrogen-bond donors (Lipinski definition) is 4. The molecule has 5 aromatic rings. The lowest BCUT2D eigenvalue weighted by atomic mass is 9.99. The highest BCUT2D eigenvalue weighted by molar-refractivity contribution is 7.98. The fourth-order valence-corrected chi connectivity index (χ4v) is 5.31. The molecule has 1 atom stereocenters. The van der Waals surface area contributed by atoms with Gasteiger partial charge in [-0.25, -0.2) is 14.5 Å². The number of nitrogens with zero attached hydrogens (tertiary/aromatic N) is 4. The summed E-state index contributed by atoms with van der Waals surface area (Å²) in [6, 6.07) is 13.1. The molecule has 0 amide bonds. The van der Waals surface area contributed by atoms with Crippen molar-refractivity contribution in [2.24, 2.45) is 0 Å². The molecule has 0 saturated carbocycles. The number of nitrogens with one attached hydrogen (secondary N) is 2.